The summed E-state index contributed by atoms with van der Waals surface area (Å²) in [7, 11) is 1.95. The van der Waals surface area contributed by atoms with Crippen molar-refractivity contribution in [3.63, 3.8) is 0 Å². The number of hydrogen-bond acceptors (Lipinski definition) is 3. The lowest BCUT2D eigenvalue weighted by Crippen LogP contribution is -2.13. The molecular formula is C16H20N2S. The van der Waals surface area contributed by atoms with Gasteiger partial charge in [0.25, 0.3) is 0 Å². The van der Waals surface area contributed by atoms with Crippen LogP contribution >= 0.6 is 11.8 Å². The molecule has 1 atom stereocenters. The highest BCUT2D eigenvalue weighted by molar-refractivity contribution is 7.99. The number of aromatic nitrogens is 1. The van der Waals surface area contributed by atoms with Gasteiger partial charge in [0.05, 0.1) is 5.69 Å². The zero-order valence-electron chi connectivity index (χ0n) is 11.9. The molecule has 3 heteroatoms. The van der Waals surface area contributed by atoms with Crippen LogP contribution in [0.4, 0.5) is 0 Å². The van der Waals surface area contributed by atoms with Crippen molar-refractivity contribution in [1.82, 2.24) is 10.3 Å². The standard InChI is InChI=1S/C16H20N2S/c1-11-5-6-14(9-12(11)2)19-15-7-8-16(18-10-15)13(3)17-4/h5-10,13,17H,1-4H3. The average Bonchev–Trinajstić information content (AvgIpc) is 2.43. The molecular weight excluding hydrogens is 252 g/mol. The van der Waals surface area contributed by atoms with Gasteiger partial charge >= 0.3 is 0 Å². The summed E-state index contributed by atoms with van der Waals surface area (Å²) >= 11 is 1.76. The van der Waals surface area contributed by atoms with E-state index in [1.165, 1.54) is 20.9 Å². The van der Waals surface area contributed by atoms with Crippen molar-refractivity contribution < 1.29 is 0 Å². The summed E-state index contributed by atoms with van der Waals surface area (Å²) in [5.74, 6) is 0. The van der Waals surface area contributed by atoms with Crippen LogP contribution in [0, 0.1) is 13.8 Å². The molecule has 0 aliphatic heterocycles. The zero-order valence-corrected chi connectivity index (χ0v) is 12.7. The molecule has 0 fully saturated rings. The molecule has 0 saturated heterocycles. The predicted octanol–water partition coefficient (Wildman–Crippen LogP) is 4.13. The van der Waals surface area contributed by atoms with E-state index in [9.17, 15) is 0 Å². The third-order valence-corrected chi connectivity index (χ3v) is 4.32. The van der Waals surface area contributed by atoms with E-state index in [2.05, 4.69) is 61.4 Å². The van der Waals surface area contributed by atoms with Gasteiger partial charge in [-0.3, -0.25) is 4.98 Å². The molecule has 19 heavy (non-hydrogen) atoms. The zero-order chi connectivity index (χ0) is 13.8. The fourth-order valence-corrected chi connectivity index (χ4v) is 2.66. The number of hydrogen-bond donors (Lipinski definition) is 1. The molecule has 1 heterocycles. The van der Waals surface area contributed by atoms with Crippen molar-refractivity contribution in [3.05, 3.63) is 53.3 Å². The summed E-state index contributed by atoms with van der Waals surface area (Å²) in [4.78, 5) is 6.94. The molecule has 0 aliphatic carbocycles. The molecule has 0 saturated carbocycles. The first-order valence-corrected chi connectivity index (χ1v) is 7.30. The summed E-state index contributed by atoms with van der Waals surface area (Å²) in [6.45, 7) is 6.40. The van der Waals surface area contributed by atoms with Crippen molar-refractivity contribution in [2.45, 2.75) is 36.6 Å². The molecule has 0 amide bonds. The molecule has 2 nitrogen and oxygen atoms in total. The van der Waals surface area contributed by atoms with Crippen LogP contribution in [0.5, 0.6) is 0 Å². The van der Waals surface area contributed by atoms with Crippen LogP contribution in [0.15, 0.2) is 46.3 Å². The van der Waals surface area contributed by atoms with Gasteiger partial charge in [0.1, 0.15) is 0 Å². The van der Waals surface area contributed by atoms with Gasteiger partial charge < -0.3 is 5.32 Å². The first-order chi connectivity index (χ1) is 9.10. The van der Waals surface area contributed by atoms with Gasteiger partial charge in [-0.15, -0.1) is 0 Å². The monoisotopic (exact) mass is 272 g/mol. The highest BCUT2D eigenvalue weighted by Crippen LogP contribution is 2.28. The van der Waals surface area contributed by atoms with E-state index in [1.54, 1.807) is 11.8 Å². The van der Waals surface area contributed by atoms with E-state index in [1.807, 2.05) is 13.2 Å². The highest BCUT2D eigenvalue weighted by atomic mass is 32.2. The second-order valence-electron chi connectivity index (χ2n) is 4.78. The molecule has 1 aromatic carbocycles. The lowest BCUT2D eigenvalue weighted by molar-refractivity contribution is 0.631. The average molecular weight is 272 g/mol. The minimum Gasteiger partial charge on any atom is -0.312 e. The maximum atomic E-state index is 4.50. The summed E-state index contributed by atoms with van der Waals surface area (Å²) in [5.41, 5.74) is 3.74. The lowest BCUT2D eigenvalue weighted by atomic mass is 10.1. The fraction of sp³-hybridized carbons (Fsp3) is 0.312. The van der Waals surface area contributed by atoms with Crippen molar-refractivity contribution in [1.29, 1.82) is 0 Å². The molecule has 0 bridgehead atoms. The van der Waals surface area contributed by atoms with Crippen molar-refractivity contribution >= 4 is 11.8 Å². The largest absolute Gasteiger partial charge is 0.312 e. The van der Waals surface area contributed by atoms with Gasteiger partial charge in [0.15, 0.2) is 0 Å². The SMILES string of the molecule is CNC(C)c1ccc(Sc2ccc(C)c(C)c2)cn1. The molecule has 0 radical (unpaired) electrons. The van der Waals surface area contributed by atoms with Crippen LogP contribution in [0.1, 0.15) is 29.8 Å². The van der Waals surface area contributed by atoms with Crippen LogP contribution in [0.3, 0.4) is 0 Å². The Bertz CT molecular complexity index is 549. The van der Waals surface area contributed by atoms with Crippen LogP contribution in [0.25, 0.3) is 0 Å². The normalized spacial score (nSPS) is 12.4. The Balaban J connectivity index is 2.12. The van der Waals surface area contributed by atoms with E-state index < -0.39 is 0 Å². The third kappa shape index (κ3) is 3.58. The molecule has 1 N–H and O–H groups in total. The number of aryl methyl sites for hydroxylation is 2. The first kappa shape index (κ1) is 14.1. The topological polar surface area (TPSA) is 24.9 Å². The Morgan fingerprint density at radius 1 is 1.05 bits per heavy atom. The van der Waals surface area contributed by atoms with E-state index >= 15 is 0 Å². The smallest absolute Gasteiger partial charge is 0.0571 e. The quantitative estimate of drug-likeness (QED) is 0.906. The van der Waals surface area contributed by atoms with Gasteiger partial charge in [-0.2, -0.15) is 0 Å². The predicted molar refractivity (Wildman–Crippen MR) is 81.8 cm³/mol. The van der Waals surface area contributed by atoms with E-state index in [-0.39, 0.29) is 0 Å². The summed E-state index contributed by atoms with van der Waals surface area (Å²) < 4.78 is 0. The summed E-state index contributed by atoms with van der Waals surface area (Å²) in [5, 5.41) is 3.19. The minimum atomic E-state index is 0.292. The molecule has 0 aliphatic rings. The lowest BCUT2D eigenvalue weighted by Gasteiger charge is -2.10. The highest BCUT2D eigenvalue weighted by Gasteiger charge is 2.05. The third-order valence-electron chi connectivity index (χ3n) is 3.35. The van der Waals surface area contributed by atoms with Gasteiger partial charge in [-0.25, -0.2) is 0 Å². The summed E-state index contributed by atoms with van der Waals surface area (Å²) in [6, 6.07) is 11.1. The second kappa shape index (κ2) is 6.22. The van der Waals surface area contributed by atoms with Crippen molar-refractivity contribution in [2.75, 3.05) is 7.05 Å². The minimum absolute atomic E-state index is 0.292. The van der Waals surface area contributed by atoms with E-state index in [0.29, 0.717) is 6.04 Å². The van der Waals surface area contributed by atoms with Crippen molar-refractivity contribution in [2.24, 2.45) is 0 Å². The Kier molecular flexibility index (Phi) is 4.61. The maximum Gasteiger partial charge on any atom is 0.0571 e. The Hall–Kier alpha value is -1.32. The molecule has 2 aromatic rings. The van der Waals surface area contributed by atoms with Crippen LogP contribution < -0.4 is 5.32 Å². The van der Waals surface area contributed by atoms with Gasteiger partial charge in [0.2, 0.25) is 0 Å². The summed E-state index contributed by atoms with van der Waals surface area (Å²) in [6.07, 6.45) is 1.95. The molecule has 2 rings (SSSR count). The Labute approximate surface area is 119 Å². The Morgan fingerprint density at radius 3 is 2.37 bits per heavy atom. The van der Waals surface area contributed by atoms with E-state index in [4.69, 9.17) is 0 Å². The molecule has 100 valence electrons. The number of nitrogens with zero attached hydrogens (tertiary/aromatic N) is 1. The molecule has 1 unspecified atom stereocenters. The molecule has 0 spiro atoms. The number of benzene rings is 1. The van der Waals surface area contributed by atoms with Gasteiger partial charge in [0, 0.05) is 22.0 Å². The number of nitrogens with one attached hydrogen (secondary N) is 1. The number of rotatable bonds is 4. The van der Waals surface area contributed by atoms with Gasteiger partial charge in [-0.1, -0.05) is 17.8 Å². The van der Waals surface area contributed by atoms with Crippen molar-refractivity contribution in [3.8, 4) is 0 Å². The van der Waals surface area contributed by atoms with Gasteiger partial charge in [-0.05, 0) is 63.2 Å². The van der Waals surface area contributed by atoms with Crippen LogP contribution in [-0.2, 0) is 0 Å². The maximum absolute atomic E-state index is 4.50. The Morgan fingerprint density at radius 2 is 1.79 bits per heavy atom. The first-order valence-electron chi connectivity index (χ1n) is 6.48. The van der Waals surface area contributed by atoms with Crippen LogP contribution in [-0.4, -0.2) is 12.0 Å². The molecule has 1 aromatic heterocycles. The number of pyridine rings is 1. The second-order valence-corrected chi connectivity index (χ2v) is 5.92. The fourth-order valence-electron chi connectivity index (χ4n) is 1.77. The van der Waals surface area contributed by atoms with E-state index in [0.717, 1.165) is 5.69 Å². The van der Waals surface area contributed by atoms with Crippen LogP contribution in [0.2, 0.25) is 0 Å².